The lowest BCUT2D eigenvalue weighted by Gasteiger charge is -2.31. The number of nitrogens with one attached hydrogen (secondary N) is 1. The highest BCUT2D eigenvalue weighted by Crippen LogP contribution is 2.28. The molecular formula is C16H25Cl2N3O4S. The Morgan fingerprint density at radius 3 is 2.42 bits per heavy atom. The number of hydrogen-bond donors (Lipinski definition) is 2. The predicted molar refractivity (Wildman–Crippen MR) is 104 cm³/mol. The minimum Gasteiger partial charge on any atom is -0.381 e. The number of nitrogens with two attached hydrogens (primary N) is 1. The molecule has 10 heteroatoms. The molecule has 1 aliphatic rings. The van der Waals surface area contributed by atoms with E-state index in [1.165, 1.54) is 16.4 Å². The maximum absolute atomic E-state index is 12.7. The third-order valence-corrected chi connectivity index (χ3v) is 6.88. The van der Waals surface area contributed by atoms with Gasteiger partial charge in [0.05, 0.1) is 5.02 Å². The van der Waals surface area contributed by atoms with Gasteiger partial charge in [0.15, 0.2) is 0 Å². The molecule has 1 amide bonds. The van der Waals surface area contributed by atoms with Crippen molar-refractivity contribution in [1.82, 2.24) is 4.31 Å². The lowest BCUT2D eigenvalue weighted by Crippen LogP contribution is -2.54. The highest BCUT2D eigenvalue weighted by molar-refractivity contribution is 7.89. The van der Waals surface area contributed by atoms with Crippen LogP contribution in [0.25, 0.3) is 0 Å². The average Bonchev–Trinajstić information content (AvgIpc) is 2.58. The smallest absolute Gasteiger partial charge is 0.244 e. The zero-order chi connectivity index (χ0) is 18.7. The van der Waals surface area contributed by atoms with E-state index >= 15 is 0 Å². The van der Waals surface area contributed by atoms with Crippen molar-refractivity contribution in [1.29, 1.82) is 0 Å². The van der Waals surface area contributed by atoms with Gasteiger partial charge in [0.1, 0.15) is 10.4 Å². The number of rotatable bonds is 6. The molecule has 26 heavy (non-hydrogen) atoms. The summed E-state index contributed by atoms with van der Waals surface area (Å²) in [5.74, 6) is -0.357. The van der Waals surface area contributed by atoms with Crippen molar-refractivity contribution >= 4 is 45.6 Å². The number of benzene rings is 1. The van der Waals surface area contributed by atoms with Crippen molar-refractivity contribution in [3.8, 4) is 0 Å². The molecule has 0 saturated carbocycles. The number of halogens is 2. The van der Waals surface area contributed by atoms with E-state index in [0.717, 1.165) is 0 Å². The number of carbonyl (C=O) groups excluding carboxylic acids is 1. The molecule has 0 bridgehead atoms. The van der Waals surface area contributed by atoms with Crippen molar-refractivity contribution in [3.63, 3.8) is 0 Å². The Labute approximate surface area is 165 Å². The van der Waals surface area contributed by atoms with Gasteiger partial charge in [-0.3, -0.25) is 4.79 Å². The Balaban J connectivity index is 0.00000338. The zero-order valence-electron chi connectivity index (χ0n) is 14.8. The molecule has 1 saturated heterocycles. The molecule has 0 atom stereocenters. The molecule has 7 nitrogen and oxygen atoms in total. The van der Waals surface area contributed by atoms with Crippen LogP contribution in [0.15, 0.2) is 23.1 Å². The summed E-state index contributed by atoms with van der Waals surface area (Å²) in [5.41, 5.74) is 5.48. The van der Waals surface area contributed by atoms with Gasteiger partial charge in [-0.2, -0.15) is 4.31 Å². The standard InChI is InChI=1S/C16H24ClN3O4S.ClH/c1-3-20(4-2)25(22,23)14-11-12(5-6-13(14)17)19-15(21)16(18)7-9-24-10-8-16;/h5-6,11H,3-4,7-10,18H2,1-2H3,(H,19,21);1H. The number of hydrogen-bond acceptors (Lipinski definition) is 5. The van der Waals surface area contributed by atoms with E-state index in [0.29, 0.717) is 44.8 Å². The van der Waals surface area contributed by atoms with Gasteiger partial charge in [0.25, 0.3) is 0 Å². The summed E-state index contributed by atoms with van der Waals surface area (Å²) in [6.45, 7) is 5.02. The quantitative estimate of drug-likeness (QED) is 0.727. The Morgan fingerprint density at radius 2 is 1.88 bits per heavy atom. The predicted octanol–water partition coefficient (Wildman–Crippen LogP) is 2.24. The van der Waals surface area contributed by atoms with E-state index in [1.807, 2.05) is 0 Å². The molecule has 1 heterocycles. The summed E-state index contributed by atoms with van der Waals surface area (Å²) in [5, 5.41) is 2.82. The minimum absolute atomic E-state index is 0. The Bertz CT molecular complexity index is 733. The van der Waals surface area contributed by atoms with E-state index in [-0.39, 0.29) is 28.2 Å². The van der Waals surface area contributed by atoms with E-state index in [9.17, 15) is 13.2 Å². The van der Waals surface area contributed by atoms with Crippen LogP contribution in [-0.4, -0.2) is 50.5 Å². The number of anilines is 1. The van der Waals surface area contributed by atoms with Crippen LogP contribution in [0.5, 0.6) is 0 Å². The van der Waals surface area contributed by atoms with E-state index in [2.05, 4.69) is 5.32 Å². The van der Waals surface area contributed by atoms with Crippen molar-refractivity contribution in [2.45, 2.75) is 37.1 Å². The lowest BCUT2D eigenvalue weighted by atomic mass is 9.90. The fourth-order valence-electron chi connectivity index (χ4n) is 2.70. The molecule has 0 radical (unpaired) electrons. The second-order valence-electron chi connectivity index (χ2n) is 5.96. The molecule has 2 rings (SSSR count). The third-order valence-electron chi connectivity index (χ3n) is 4.35. The average molecular weight is 426 g/mol. The minimum atomic E-state index is -3.73. The first kappa shape index (κ1) is 23.1. The molecule has 1 aromatic rings. The molecule has 1 aliphatic heterocycles. The monoisotopic (exact) mass is 425 g/mol. The van der Waals surface area contributed by atoms with Crippen molar-refractivity contribution in [3.05, 3.63) is 23.2 Å². The van der Waals surface area contributed by atoms with Crippen molar-refractivity contribution < 1.29 is 17.9 Å². The molecule has 3 N–H and O–H groups in total. The summed E-state index contributed by atoms with van der Waals surface area (Å²) < 4.78 is 32.0. The maximum Gasteiger partial charge on any atom is 0.244 e. The highest BCUT2D eigenvalue weighted by Gasteiger charge is 2.36. The van der Waals surface area contributed by atoms with Gasteiger partial charge in [-0.05, 0) is 31.0 Å². The van der Waals surface area contributed by atoms with E-state index in [1.54, 1.807) is 19.9 Å². The van der Waals surface area contributed by atoms with E-state index in [4.69, 9.17) is 22.1 Å². The molecule has 1 aromatic carbocycles. The van der Waals surface area contributed by atoms with Crippen molar-refractivity contribution in [2.24, 2.45) is 5.73 Å². The first-order chi connectivity index (χ1) is 11.7. The van der Waals surface area contributed by atoms with Crippen LogP contribution in [0.2, 0.25) is 5.02 Å². The summed E-state index contributed by atoms with van der Waals surface area (Å²) >= 11 is 6.09. The number of ether oxygens (including phenoxy) is 1. The van der Waals surface area contributed by atoms with Gasteiger partial charge < -0.3 is 15.8 Å². The molecule has 0 unspecified atom stereocenters. The summed E-state index contributed by atoms with van der Waals surface area (Å²) in [4.78, 5) is 12.5. The van der Waals surface area contributed by atoms with Crippen LogP contribution >= 0.6 is 24.0 Å². The molecule has 0 spiro atoms. The maximum atomic E-state index is 12.7. The summed E-state index contributed by atoms with van der Waals surface area (Å²) in [6, 6.07) is 4.39. The fraction of sp³-hybridized carbons (Fsp3) is 0.562. The third kappa shape index (κ3) is 4.88. The van der Waals surface area contributed by atoms with Gasteiger partial charge in [-0.25, -0.2) is 8.42 Å². The first-order valence-electron chi connectivity index (χ1n) is 8.22. The first-order valence-corrected chi connectivity index (χ1v) is 10.0. The number of carbonyl (C=O) groups is 1. The molecular weight excluding hydrogens is 401 g/mol. The van der Waals surface area contributed by atoms with Crippen LogP contribution in [-0.2, 0) is 19.6 Å². The Hall–Kier alpha value is -0.900. The normalized spacial score (nSPS) is 16.8. The molecule has 148 valence electrons. The van der Waals surface area contributed by atoms with Crippen molar-refractivity contribution in [2.75, 3.05) is 31.6 Å². The molecule has 1 fully saturated rings. The van der Waals surface area contributed by atoms with Gasteiger partial charge in [-0.1, -0.05) is 25.4 Å². The molecule has 0 aliphatic carbocycles. The highest BCUT2D eigenvalue weighted by atomic mass is 35.5. The number of sulfonamides is 1. The van der Waals surface area contributed by atoms with Crippen LogP contribution in [0, 0.1) is 0 Å². The second kappa shape index (κ2) is 9.34. The number of nitrogens with zero attached hydrogens (tertiary/aromatic N) is 1. The van der Waals surface area contributed by atoms with Gasteiger partial charge in [-0.15, -0.1) is 12.4 Å². The topological polar surface area (TPSA) is 102 Å². The van der Waals surface area contributed by atoms with Gasteiger partial charge in [0, 0.05) is 32.0 Å². The van der Waals surface area contributed by atoms with Crippen LogP contribution in [0.4, 0.5) is 5.69 Å². The summed E-state index contributed by atoms with van der Waals surface area (Å²) in [7, 11) is -3.73. The Kier molecular flexibility index (Phi) is 8.32. The Morgan fingerprint density at radius 1 is 1.31 bits per heavy atom. The fourth-order valence-corrected chi connectivity index (χ4v) is 4.66. The number of amides is 1. The van der Waals surface area contributed by atoms with Crippen LogP contribution < -0.4 is 11.1 Å². The van der Waals surface area contributed by atoms with Gasteiger partial charge in [0.2, 0.25) is 15.9 Å². The van der Waals surface area contributed by atoms with Crippen LogP contribution in [0.1, 0.15) is 26.7 Å². The zero-order valence-corrected chi connectivity index (χ0v) is 17.2. The SMILES string of the molecule is CCN(CC)S(=O)(=O)c1cc(NC(=O)C2(N)CCOCC2)ccc1Cl.Cl. The van der Waals surface area contributed by atoms with E-state index < -0.39 is 15.6 Å². The molecule has 0 aromatic heterocycles. The largest absolute Gasteiger partial charge is 0.381 e. The lowest BCUT2D eigenvalue weighted by molar-refractivity contribution is -0.124. The summed E-state index contributed by atoms with van der Waals surface area (Å²) in [6.07, 6.45) is 0.827. The second-order valence-corrected chi connectivity index (χ2v) is 8.27. The van der Waals surface area contributed by atoms with Crippen LogP contribution in [0.3, 0.4) is 0 Å². The van der Waals surface area contributed by atoms with Gasteiger partial charge >= 0.3 is 0 Å².